The van der Waals surface area contributed by atoms with Crippen LogP contribution < -0.4 is 0 Å². The van der Waals surface area contributed by atoms with Crippen molar-refractivity contribution in [1.82, 2.24) is 14.5 Å². The Morgan fingerprint density at radius 1 is 1.64 bits per heavy atom. The van der Waals surface area contributed by atoms with E-state index in [4.69, 9.17) is 4.74 Å². The molecule has 5 heteroatoms. The molecule has 5 nitrogen and oxygen atoms in total. The zero-order valence-electron chi connectivity index (χ0n) is 8.14. The van der Waals surface area contributed by atoms with Crippen molar-refractivity contribution in [3.05, 3.63) is 18.2 Å². The van der Waals surface area contributed by atoms with Crippen molar-refractivity contribution in [3.63, 3.8) is 0 Å². The van der Waals surface area contributed by atoms with Crippen molar-refractivity contribution in [1.29, 1.82) is 0 Å². The first-order valence-electron chi connectivity index (χ1n) is 4.58. The lowest BCUT2D eigenvalue weighted by molar-refractivity contribution is -0.136. The molecule has 1 aliphatic rings. The molecule has 0 radical (unpaired) electrons. The number of carbonyl (C=O) groups excluding carboxylic acids is 1. The zero-order valence-corrected chi connectivity index (χ0v) is 8.14. The minimum atomic E-state index is 0.0294. The molecule has 1 amide bonds. The summed E-state index contributed by atoms with van der Waals surface area (Å²) in [5.74, 6) is 0.974. The van der Waals surface area contributed by atoms with E-state index < -0.39 is 0 Å². The monoisotopic (exact) mass is 195 g/mol. The summed E-state index contributed by atoms with van der Waals surface area (Å²) < 4.78 is 6.87. The Hall–Kier alpha value is -1.36. The molecule has 0 aliphatic carbocycles. The lowest BCUT2D eigenvalue weighted by atomic mass is 10.3. The highest BCUT2D eigenvalue weighted by atomic mass is 16.5. The minimum absolute atomic E-state index is 0.0294. The van der Waals surface area contributed by atoms with Gasteiger partial charge in [-0.1, -0.05) is 0 Å². The summed E-state index contributed by atoms with van der Waals surface area (Å²) >= 11 is 0. The van der Waals surface area contributed by atoms with Gasteiger partial charge in [-0.3, -0.25) is 4.79 Å². The van der Waals surface area contributed by atoms with Gasteiger partial charge in [0, 0.05) is 32.6 Å². The summed E-state index contributed by atoms with van der Waals surface area (Å²) in [6, 6.07) is 0. The van der Waals surface area contributed by atoms with Gasteiger partial charge in [-0.2, -0.15) is 0 Å². The predicted octanol–water partition coefficient (Wildman–Crippen LogP) is -0.128. The van der Waals surface area contributed by atoms with Gasteiger partial charge in [-0.25, -0.2) is 4.98 Å². The number of amides is 1. The lowest BCUT2D eigenvalue weighted by Gasteiger charge is -2.27. The van der Waals surface area contributed by atoms with Crippen molar-refractivity contribution in [2.45, 2.75) is 13.1 Å². The van der Waals surface area contributed by atoms with Gasteiger partial charge in [0.25, 0.3) is 0 Å². The van der Waals surface area contributed by atoms with Crippen molar-refractivity contribution in [2.75, 3.05) is 20.3 Å². The van der Waals surface area contributed by atoms with E-state index in [2.05, 4.69) is 9.55 Å². The number of methoxy groups -OCH3 is 1. The number of carbonyl (C=O) groups is 1. The molecule has 0 spiro atoms. The summed E-state index contributed by atoms with van der Waals surface area (Å²) in [6.45, 7) is 2.31. The zero-order chi connectivity index (χ0) is 9.97. The van der Waals surface area contributed by atoms with Gasteiger partial charge in [-0.15, -0.1) is 0 Å². The number of ether oxygens (including phenoxy) is 1. The smallest absolute Gasteiger partial charge is 0.249 e. The number of hydrogen-bond donors (Lipinski definition) is 0. The first-order chi connectivity index (χ1) is 6.81. The maximum absolute atomic E-state index is 11.5. The molecule has 0 aromatic carbocycles. The quantitative estimate of drug-likeness (QED) is 0.660. The Labute approximate surface area is 82.3 Å². The lowest BCUT2D eigenvalue weighted by Crippen LogP contribution is -2.40. The first-order valence-corrected chi connectivity index (χ1v) is 4.58. The van der Waals surface area contributed by atoms with Gasteiger partial charge in [-0.05, 0) is 0 Å². The van der Waals surface area contributed by atoms with Crippen LogP contribution in [0.1, 0.15) is 5.82 Å². The van der Waals surface area contributed by atoms with Gasteiger partial charge in [0.2, 0.25) is 5.91 Å². The number of imidazole rings is 1. The molecule has 1 aromatic rings. The van der Waals surface area contributed by atoms with Crippen LogP contribution >= 0.6 is 0 Å². The summed E-state index contributed by atoms with van der Waals surface area (Å²) in [7, 11) is 1.53. The third-order valence-electron chi connectivity index (χ3n) is 2.37. The molecule has 0 bridgehead atoms. The molecule has 1 aromatic heterocycles. The van der Waals surface area contributed by atoms with Crippen LogP contribution in [0.25, 0.3) is 0 Å². The SMILES string of the molecule is COCC(=O)N1CCn2ccnc2C1. The van der Waals surface area contributed by atoms with Crippen LogP contribution in [0, 0.1) is 0 Å². The Kier molecular flexibility index (Phi) is 2.49. The largest absolute Gasteiger partial charge is 0.375 e. The Balaban J connectivity index is 2.04. The minimum Gasteiger partial charge on any atom is -0.375 e. The van der Waals surface area contributed by atoms with Gasteiger partial charge in [0.05, 0.1) is 6.54 Å². The number of nitrogens with zero attached hydrogens (tertiary/aromatic N) is 3. The van der Waals surface area contributed by atoms with Crippen molar-refractivity contribution in [2.24, 2.45) is 0 Å². The highest BCUT2D eigenvalue weighted by Gasteiger charge is 2.20. The molecule has 0 atom stereocenters. The van der Waals surface area contributed by atoms with Gasteiger partial charge >= 0.3 is 0 Å². The van der Waals surface area contributed by atoms with E-state index in [9.17, 15) is 4.79 Å². The maximum Gasteiger partial charge on any atom is 0.249 e. The van der Waals surface area contributed by atoms with Crippen LogP contribution in [-0.4, -0.2) is 40.6 Å². The standard InChI is InChI=1S/C9H13N3O2/c1-14-7-9(13)12-5-4-11-3-2-10-8(11)6-12/h2-3H,4-7H2,1H3. The molecule has 2 heterocycles. The van der Waals surface area contributed by atoms with Gasteiger partial charge in [0.15, 0.2) is 0 Å². The fourth-order valence-electron chi connectivity index (χ4n) is 1.60. The number of aromatic nitrogens is 2. The average molecular weight is 195 g/mol. The topological polar surface area (TPSA) is 47.4 Å². The Morgan fingerprint density at radius 3 is 3.29 bits per heavy atom. The van der Waals surface area contributed by atoms with Crippen LogP contribution in [0.15, 0.2) is 12.4 Å². The van der Waals surface area contributed by atoms with E-state index in [-0.39, 0.29) is 12.5 Å². The third-order valence-corrected chi connectivity index (χ3v) is 2.37. The molecule has 1 aliphatic heterocycles. The van der Waals surface area contributed by atoms with E-state index in [1.807, 2.05) is 6.20 Å². The van der Waals surface area contributed by atoms with E-state index in [1.165, 1.54) is 7.11 Å². The molecule has 0 N–H and O–H groups in total. The van der Waals surface area contributed by atoms with Crippen LogP contribution in [0.2, 0.25) is 0 Å². The van der Waals surface area contributed by atoms with Gasteiger partial charge < -0.3 is 14.2 Å². The molecule has 76 valence electrons. The fourth-order valence-corrected chi connectivity index (χ4v) is 1.60. The van der Waals surface area contributed by atoms with Crippen LogP contribution in [0.3, 0.4) is 0 Å². The summed E-state index contributed by atoms with van der Waals surface area (Å²) in [4.78, 5) is 17.4. The van der Waals surface area contributed by atoms with E-state index >= 15 is 0 Å². The van der Waals surface area contributed by atoms with Crippen LogP contribution in [-0.2, 0) is 22.6 Å². The van der Waals surface area contributed by atoms with E-state index in [0.29, 0.717) is 6.54 Å². The second kappa shape index (κ2) is 3.79. The molecule has 0 saturated carbocycles. The van der Waals surface area contributed by atoms with Crippen molar-refractivity contribution in [3.8, 4) is 0 Å². The number of fused-ring (bicyclic) bond motifs is 1. The summed E-state index contributed by atoms with van der Waals surface area (Å²) in [5, 5.41) is 0. The Bertz CT molecular complexity index is 335. The Morgan fingerprint density at radius 2 is 2.50 bits per heavy atom. The van der Waals surface area contributed by atoms with Crippen molar-refractivity contribution < 1.29 is 9.53 Å². The normalized spacial score (nSPS) is 15.4. The second-order valence-corrected chi connectivity index (χ2v) is 3.29. The molecule has 0 unspecified atom stereocenters. The molecule has 0 fully saturated rings. The van der Waals surface area contributed by atoms with Crippen LogP contribution in [0.5, 0.6) is 0 Å². The molecule has 0 saturated heterocycles. The number of rotatable bonds is 2. The first kappa shape index (κ1) is 9.21. The van der Waals surface area contributed by atoms with E-state index in [1.54, 1.807) is 11.1 Å². The molecule has 2 rings (SSSR count). The van der Waals surface area contributed by atoms with Crippen molar-refractivity contribution >= 4 is 5.91 Å². The average Bonchev–Trinajstić information content (AvgIpc) is 2.64. The second-order valence-electron chi connectivity index (χ2n) is 3.29. The van der Waals surface area contributed by atoms with Crippen LogP contribution in [0.4, 0.5) is 0 Å². The highest BCUT2D eigenvalue weighted by Crippen LogP contribution is 2.09. The number of hydrogen-bond acceptors (Lipinski definition) is 3. The van der Waals surface area contributed by atoms with E-state index in [0.717, 1.165) is 18.9 Å². The molecular formula is C9H13N3O2. The molecular weight excluding hydrogens is 182 g/mol. The fraction of sp³-hybridized carbons (Fsp3) is 0.556. The summed E-state index contributed by atoms with van der Waals surface area (Å²) in [5.41, 5.74) is 0. The summed E-state index contributed by atoms with van der Waals surface area (Å²) in [6.07, 6.45) is 3.70. The van der Waals surface area contributed by atoms with Gasteiger partial charge in [0.1, 0.15) is 12.4 Å². The maximum atomic E-state index is 11.5. The predicted molar refractivity (Wildman–Crippen MR) is 49.5 cm³/mol. The third kappa shape index (κ3) is 1.63. The highest BCUT2D eigenvalue weighted by molar-refractivity contribution is 5.77. The molecule has 14 heavy (non-hydrogen) atoms.